The Morgan fingerprint density at radius 3 is 2.82 bits per heavy atom. The summed E-state index contributed by atoms with van der Waals surface area (Å²) >= 11 is 1.73. The van der Waals surface area contributed by atoms with Crippen molar-refractivity contribution >= 4 is 21.2 Å². The minimum absolute atomic E-state index is 0.260. The molecule has 0 radical (unpaired) electrons. The van der Waals surface area contributed by atoms with Gasteiger partial charge in [-0.3, -0.25) is 0 Å². The van der Waals surface area contributed by atoms with E-state index in [4.69, 9.17) is 0 Å². The second-order valence-corrected chi connectivity index (χ2v) is 8.19. The third kappa shape index (κ3) is 3.09. The Bertz CT molecular complexity index is 467. The molecule has 2 rings (SSSR count). The molecule has 2 atom stereocenters. The maximum atomic E-state index is 11.6. The van der Waals surface area contributed by atoms with Gasteiger partial charge in [0.25, 0.3) is 0 Å². The second kappa shape index (κ2) is 4.71. The lowest BCUT2D eigenvalue weighted by molar-refractivity contribution is 0.340. The minimum atomic E-state index is -2.84. The monoisotopic (exact) mass is 273 g/mol. The molecule has 0 saturated carbocycles. The molecule has 5 heteroatoms. The Labute approximate surface area is 107 Å². The summed E-state index contributed by atoms with van der Waals surface area (Å²) in [7, 11) is -2.84. The molecule has 2 heterocycles. The number of thiophene rings is 1. The highest BCUT2D eigenvalue weighted by atomic mass is 32.2. The molecule has 1 aromatic heterocycles. The SMILES string of the molecule is CCC(NC1(C)CCS(=O)(=O)C1)c1cccs1. The minimum Gasteiger partial charge on any atom is -0.303 e. The van der Waals surface area contributed by atoms with Crippen molar-refractivity contribution in [1.29, 1.82) is 0 Å². The normalized spacial score (nSPS) is 29.3. The Kier molecular flexibility index (Phi) is 3.61. The molecule has 17 heavy (non-hydrogen) atoms. The van der Waals surface area contributed by atoms with Crippen LogP contribution < -0.4 is 5.32 Å². The van der Waals surface area contributed by atoms with E-state index < -0.39 is 9.84 Å². The summed E-state index contributed by atoms with van der Waals surface area (Å²) in [6.07, 6.45) is 1.70. The van der Waals surface area contributed by atoms with Gasteiger partial charge in [0.1, 0.15) is 0 Å². The number of hydrogen-bond acceptors (Lipinski definition) is 4. The Morgan fingerprint density at radius 2 is 2.35 bits per heavy atom. The summed E-state index contributed by atoms with van der Waals surface area (Å²) in [5, 5.41) is 5.59. The summed E-state index contributed by atoms with van der Waals surface area (Å²) < 4.78 is 23.1. The predicted octanol–water partition coefficient (Wildman–Crippen LogP) is 2.37. The third-order valence-electron chi connectivity index (χ3n) is 3.32. The predicted molar refractivity (Wildman–Crippen MR) is 72.2 cm³/mol. The highest BCUT2D eigenvalue weighted by Crippen LogP contribution is 2.29. The number of sulfone groups is 1. The van der Waals surface area contributed by atoms with Gasteiger partial charge in [0, 0.05) is 16.5 Å². The van der Waals surface area contributed by atoms with E-state index in [1.807, 2.05) is 13.0 Å². The Balaban J connectivity index is 2.10. The van der Waals surface area contributed by atoms with Gasteiger partial charge < -0.3 is 5.32 Å². The van der Waals surface area contributed by atoms with Crippen molar-refractivity contribution in [3.05, 3.63) is 22.4 Å². The van der Waals surface area contributed by atoms with Crippen molar-refractivity contribution in [3.63, 3.8) is 0 Å². The van der Waals surface area contributed by atoms with Crippen LogP contribution in [0.3, 0.4) is 0 Å². The first-order valence-corrected chi connectivity index (χ1v) is 8.66. The quantitative estimate of drug-likeness (QED) is 0.916. The fraction of sp³-hybridized carbons (Fsp3) is 0.667. The molecule has 1 N–H and O–H groups in total. The fourth-order valence-corrected chi connectivity index (χ4v) is 5.37. The molecular formula is C12H19NO2S2. The van der Waals surface area contributed by atoms with E-state index in [0.717, 1.165) is 12.8 Å². The number of rotatable bonds is 4. The van der Waals surface area contributed by atoms with Crippen molar-refractivity contribution in [2.45, 2.75) is 38.3 Å². The highest BCUT2D eigenvalue weighted by molar-refractivity contribution is 7.91. The Morgan fingerprint density at radius 1 is 1.59 bits per heavy atom. The molecule has 0 aliphatic carbocycles. The maximum Gasteiger partial charge on any atom is 0.152 e. The van der Waals surface area contributed by atoms with Crippen LogP contribution in [0.1, 0.15) is 37.6 Å². The lowest BCUT2D eigenvalue weighted by atomic mass is 9.99. The first kappa shape index (κ1) is 13.1. The topological polar surface area (TPSA) is 46.2 Å². The van der Waals surface area contributed by atoms with Crippen molar-refractivity contribution in [1.82, 2.24) is 5.32 Å². The molecule has 2 unspecified atom stereocenters. The van der Waals surface area contributed by atoms with E-state index in [1.165, 1.54) is 4.88 Å². The van der Waals surface area contributed by atoms with Crippen LogP contribution in [0.15, 0.2) is 17.5 Å². The second-order valence-electron chi connectivity index (χ2n) is 5.02. The van der Waals surface area contributed by atoms with E-state index >= 15 is 0 Å². The van der Waals surface area contributed by atoms with Gasteiger partial charge in [0.15, 0.2) is 9.84 Å². The van der Waals surface area contributed by atoms with E-state index in [2.05, 4.69) is 23.7 Å². The van der Waals surface area contributed by atoms with E-state index in [9.17, 15) is 8.42 Å². The molecule has 0 aromatic carbocycles. The molecule has 1 saturated heterocycles. The van der Waals surface area contributed by atoms with Crippen LogP contribution in [0, 0.1) is 0 Å². The van der Waals surface area contributed by atoms with Gasteiger partial charge in [-0.15, -0.1) is 11.3 Å². The number of hydrogen-bond donors (Lipinski definition) is 1. The molecular weight excluding hydrogens is 254 g/mol. The van der Waals surface area contributed by atoms with Gasteiger partial charge in [0.05, 0.1) is 11.5 Å². The molecule has 0 amide bonds. The zero-order chi connectivity index (χ0) is 12.5. The van der Waals surface area contributed by atoms with Crippen LogP contribution in [0.25, 0.3) is 0 Å². The van der Waals surface area contributed by atoms with Gasteiger partial charge >= 0.3 is 0 Å². The average molecular weight is 273 g/mol. The molecule has 1 aromatic rings. The largest absolute Gasteiger partial charge is 0.303 e. The third-order valence-corrected chi connectivity index (χ3v) is 6.21. The van der Waals surface area contributed by atoms with Crippen molar-refractivity contribution in [2.24, 2.45) is 0 Å². The molecule has 3 nitrogen and oxygen atoms in total. The van der Waals surface area contributed by atoms with E-state index in [0.29, 0.717) is 5.75 Å². The number of nitrogens with one attached hydrogen (secondary N) is 1. The average Bonchev–Trinajstić information content (AvgIpc) is 2.84. The lowest BCUT2D eigenvalue weighted by Crippen LogP contribution is -2.45. The van der Waals surface area contributed by atoms with Gasteiger partial charge in [-0.25, -0.2) is 8.42 Å². The highest BCUT2D eigenvalue weighted by Gasteiger charge is 2.39. The fourth-order valence-electron chi connectivity index (χ4n) is 2.41. The van der Waals surface area contributed by atoms with Crippen LogP contribution in [0.2, 0.25) is 0 Å². The summed E-state index contributed by atoms with van der Waals surface area (Å²) in [6.45, 7) is 4.15. The lowest BCUT2D eigenvalue weighted by Gasteiger charge is -2.29. The van der Waals surface area contributed by atoms with Gasteiger partial charge in [-0.2, -0.15) is 0 Å². The van der Waals surface area contributed by atoms with Crippen LogP contribution in [0.4, 0.5) is 0 Å². The van der Waals surface area contributed by atoms with Gasteiger partial charge in [-0.05, 0) is 31.2 Å². The maximum absolute atomic E-state index is 11.6. The van der Waals surface area contributed by atoms with Crippen LogP contribution >= 0.6 is 11.3 Å². The summed E-state index contributed by atoms with van der Waals surface area (Å²) in [4.78, 5) is 1.29. The zero-order valence-corrected chi connectivity index (χ0v) is 11.9. The summed E-state index contributed by atoms with van der Waals surface area (Å²) in [6, 6.07) is 4.42. The molecule has 1 aliphatic rings. The van der Waals surface area contributed by atoms with Gasteiger partial charge in [0.2, 0.25) is 0 Å². The van der Waals surface area contributed by atoms with Gasteiger partial charge in [-0.1, -0.05) is 13.0 Å². The molecule has 1 fully saturated rings. The first-order chi connectivity index (χ1) is 7.94. The standard InChI is InChI=1S/C12H19NO2S2/c1-3-10(11-5-4-7-16-11)13-12(2)6-8-17(14,15)9-12/h4-5,7,10,13H,3,6,8-9H2,1-2H3. The van der Waals surface area contributed by atoms with E-state index in [1.54, 1.807) is 11.3 Å². The van der Waals surface area contributed by atoms with Crippen LogP contribution in [0.5, 0.6) is 0 Å². The molecule has 0 spiro atoms. The molecule has 1 aliphatic heterocycles. The first-order valence-electron chi connectivity index (χ1n) is 5.96. The van der Waals surface area contributed by atoms with Crippen LogP contribution in [-0.2, 0) is 9.84 Å². The van der Waals surface area contributed by atoms with Crippen molar-refractivity contribution in [2.75, 3.05) is 11.5 Å². The zero-order valence-electron chi connectivity index (χ0n) is 10.3. The molecule has 96 valence electrons. The smallest absolute Gasteiger partial charge is 0.152 e. The summed E-state index contributed by atoms with van der Waals surface area (Å²) in [5.41, 5.74) is -0.260. The molecule has 0 bridgehead atoms. The summed E-state index contributed by atoms with van der Waals surface area (Å²) in [5.74, 6) is 0.583. The van der Waals surface area contributed by atoms with Crippen molar-refractivity contribution < 1.29 is 8.42 Å². The van der Waals surface area contributed by atoms with Crippen molar-refractivity contribution in [3.8, 4) is 0 Å². The van der Waals surface area contributed by atoms with E-state index in [-0.39, 0.29) is 17.3 Å². The van der Waals surface area contributed by atoms with Crippen LogP contribution in [-0.4, -0.2) is 25.5 Å². The Hall–Kier alpha value is -0.390.